The molecule has 0 aliphatic heterocycles. The van der Waals surface area contributed by atoms with Gasteiger partial charge in [0.2, 0.25) is 0 Å². The molecule has 0 aliphatic carbocycles. The minimum absolute atomic E-state index is 0.0754. The summed E-state index contributed by atoms with van der Waals surface area (Å²) in [5.41, 5.74) is 2.59. The smallest absolute Gasteiger partial charge is 0.133 e. The molecule has 0 aromatic heterocycles. The third-order valence-corrected chi connectivity index (χ3v) is 7.28. The third-order valence-electron chi connectivity index (χ3n) is 5.43. The van der Waals surface area contributed by atoms with E-state index in [2.05, 4.69) is 60.6 Å². The highest BCUT2D eigenvalue weighted by Gasteiger charge is 2.34. The summed E-state index contributed by atoms with van der Waals surface area (Å²) in [6, 6.07) is 7.92. The summed E-state index contributed by atoms with van der Waals surface area (Å²) in [6.07, 6.45) is 0.729. The molecule has 2 aromatic carbocycles. The second-order valence-corrected chi connectivity index (χ2v) is 11.7. The van der Waals surface area contributed by atoms with E-state index in [-0.39, 0.29) is 19.4 Å². The maximum atomic E-state index is 14.4. The average molecular weight is 406 g/mol. The molecule has 154 valence electrons. The van der Waals surface area contributed by atoms with Crippen molar-refractivity contribution >= 4 is 13.9 Å². The Morgan fingerprint density at radius 1 is 0.857 bits per heavy atom. The Hall–Kier alpha value is -1.47. The molecule has 0 bridgehead atoms. The van der Waals surface area contributed by atoms with E-state index in [1.54, 1.807) is 0 Å². The van der Waals surface area contributed by atoms with Crippen molar-refractivity contribution in [2.24, 2.45) is 0 Å². The van der Waals surface area contributed by atoms with Gasteiger partial charge in [0.05, 0.1) is 0 Å². The molecule has 1 nitrogen and oxygen atoms in total. The van der Waals surface area contributed by atoms with Crippen LogP contribution in [0.2, 0.25) is 0 Å². The predicted molar refractivity (Wildman–Crippen MR) is 117 cm³/mol. The molecule has 0 radical (unpaired) electrons. The summed E-state index contributed by atoms with van der Waals surface area (Å²) in [4.78, 5) is 0. The van der Waals surface area contributed by atoms with E-state index in [9.17, 15) is 13.9 Å². The maximum Gasteiger partial charge on any atom is 0.133 e. The van der Waals surface area contributed by atoms with E-state index in [1.165, 1.54) is 12.1 Å². The van der Waals surface area contributed by atoms with Crippen LogP contribution in [-0.2, 0) is 16.0 Å². The summed E-state index contributed by atoms with van der Waals surface area (Å²) in [5, 5.41) is 11.3. The first-order chi connectivity index (χ1) is 12.7. The SMILES string of the molecule is CCC(C)(Pc1ccc(F)cc1F)c1cc(C(C)(C)C)cc(C(C)(C)C)c1O. The van der Waals surface area contributed by atoms with Crippen molar-refractivity contribution in [2.75, 3.05) is 0 Å². The summed E-state index contributed by atoms with van der Waals surface area (Å²) in [6.45, 7) is 16.8. The van der Waals surface area contributed by atoms with Crippen LogP contribution < -0.4 is 5.30 Å². The van der Waals surface area contributed by atoms with Gasteiger partial charge < -0.3 is 5.11 Å². The topological polar surface area (TPSA) is 20.2 Å². The van der Waals surface area contributed by atoms with Gasteiger partial charge in [-0.1, -0.05) is 76.1 Å². The highest BCUT2D eigenvalue weighted by atomic mass is 31.1. The largest absolute Gasteiger partial charge is 0.507 e. The van der Waals surface area contributed by atoms with Gasteiger partial charge in [0, 0.05) is 22.1 Å². The van der Waals surface area contributed by atoms with E-state index in [0.29, 0.717) is 11.1 Å². The van der Waals surface area contributed by atoms with Gasteiger partial charge >= 0.3 is 0 Å². The Bertz CT molecular complexity index is 862. The fourth-order valence-corrected chi connectivity index (χ4v) is 4.75. The zero-order valence-corrected chi connectivity index (χ0v) is 19.3. The lowest BCUT2D eigenvalue weighted by molar-refractivity contribution is 0.428. The van der Waals surface area contributed by atoms with Crippen molar-refractivity contribution in [3.05, 3.63) is 58.7 Å². The Labute approximate surface area is 170 Å². The van der Waals surface area contributed by atoms with Gasteiger partial charge in [0.25, 0.3) is 0 Å². The number of rotatable bonds is 4. The molecule has 0 spiro atoms. The number of aromatic hydroxyl groups is 1. The van der Waals surface area contributed by atoms with Crippen LogP contribution in [0, 0.1) is 11.6 Å². The summed E-state index contributed by atoms with van der Waals surface area (Å²) in [5.74, 6) is -0.808. The second-order valence-electron chi connectivity index (χ2n) is 9.85. The fraction of sp³-hybridized carbons (Fsp3) is 0.500. The number of phenols is 1. The molecule has 0 saturated carbocycles. The molecule has 2 unspecified atom stereocenters. The second kappa shape index (κ2) is 7.75. The lowest BCUT2D eigenvalue weighted by atomic mass is 9.77. The minimum Gasteiger partial charge on any atom is -0.507 e. The van der Waals surface area contributed by atoms with Gasteiger partial charge in [-0.05, 0) is 40.5 Å². The van der Waals surface area contributed by atoms with E-state index in [1.807, 2.05) is 6.92 Å². The van der Waals surface area contributed by atoms with Crippen LogP contribution in [-0.4, -0.2) is 5.11 Å². The Balaban J connectivity index is 2.70. The molecule has 2 rings (SSSR count). The van der Waals surface area contributed by atoms with Crippen molar-refractivity contribution < 1.29 is 13.9 Å². The van der Waals surface area contributed by atoms with Gasteiger partial charge in [-0.25, -0.2) is 8.78 Å². The molecule has 0 heterocycles. The zero-order valence-electron chi connectivity index (χ0n) is 18.3. The van der Waals surface area contributed by atoms with Gasteiger partial charge in [0.15, 0.2) is 0 Å². The normalized spacial score (nSPS) is 15.2. The molecule has 2 atom stereocenters. The van der Waals surface area contributed by atoms with Crippen molar-refractivity contribution in [3.63, 3.8) is 0 Å². The van der Waals surface area contributed by atoms with Crippen LogP contribution >= 0.6 is 8.58 Å². The van der Waals surface area contributed by atoms with Crippen LogP contribution in [0.3, 0.4) is 0 Å². The van der Waals surface area contributed by atoms with Crippen LogP contribution in [0.15, 0.2) is 30.3 Å². The minimum atomic E-state index is -0.572. The lowest BCUT2D eigenvalue weighted by Gasteiger charge is -2.35. The monoisotopic (exact) mass is 406 g/mol. The summed E-state index contributed by atoms with van der Waals surface area (Å²) in [7, 11) is 0.0754. The molecule has 2 aromatic rings. The summed E-state index contributed by atoms with van der Waals surface area (Å²) < 4.78 is 27.7. The number of hydrogen-bond acceptors (Lipinski definition) is 1. The highest BCUT2D eigenvalue weighted by molar-refractivity contribution is 7.48. The lowest BCUT2D eigenvalue weighted by Crippen LogP contribution is -2.24. The molecule has 0 aliphatic rings. The standard InChI is InChI=1S/C24H33F2OP/c1-9-24(8,28-20-11-10-16(25)14-19(20)26)18-13-15(22(2,3)4)12-17(21(18)27)23(5,6)7/h10-14,27-28H,9H2,1-8H3. The highest BCUT2D eigenvalue weighted by Crippen LogP contribution is 2.50. The first kappa shape index (κ1) is 22.8. The van der Waals surface area contributed by atoms with E-state index < -0.39 is 16.8 Å². The Morgan fingerprint density at radius 2 is 1.43 bits per heavy atom. The molecular weight excluding hydrogens is 373 g/mol. The van der Waals surface area contributed by atoms with Crippen molar-refractivity contribution in [2.45, 2.75) is 77.8 Å². The van der Waals surface area contributed by atoms with Crippen LogP contribution in [0.25, 0.3) is 0 Å². The van der Waals surface area contributed by atoms with Crippen LogP contribution in [0.5, 0.6) is 5.75 Å². The van der Waals surface area contributed by atoms with E-state index >= 15 is 0 Å². The van der Waals surface area contributed by atoms with Crippen LogP contribution in [0.1, 0.15) is 78.5 Å². The molecule has 28 heavy (non-hydrogen) atoms. The number of halogens is 2. The third kappa shape index (κ3) is 4.74. The van der Waals surface area contributed by atoms with Crippen molar-refractivity contribution in [3.8, 4) is 5.75 Å². The van der Waals surface area contributed by atoms with Gasteiger partial charge in [-0.3, -0.25) is 0 Å². The van der Waals surface area contributed by atoms with E-state index in [0.717, 1.165) is 29.2 Å². The number of benzene rings is 2. The molecule has 1 N–H and O–H groups in total. The first-order valence-corrected chi connectivity index (χ1v) is 10.8. The van der Waals surface area contributed by atoms with Gasteiger partial charge in [0.1, 0.15) is 17.4 Å². The Morgan fingerprint density at radius 3 is 1.89 bits per heavy atom. The number of hydrogen-bond donors (Lipinski definition) is 1. The zero-order chi connectivity index (χ0) is 21.5. The quantitative estimate of drug-likeness (QED) is 0.548. The molecule has 4 heteroatoms. The van der Waals surface area contributed by atoms with Crippen LogP contribution in [0.4, 0.5) is 8.78 Å². The predicted octanol–water partition coefficient (Wildman–Crippen LogP) is 6.89. The van der Waals surface area contributed by atoms with Crippen molar-refractivity contribution in [1.29, 1.82) is 0 Å². The number of phenolic OH excluding ortho intramolecular Hbond substituents is 1. The molecular formula is C24H33F2OP. The molecule has 0 saturated heterocycles. The fourth-order valence-electron chi connectivity index (χ4n) is 3.29. The molecule has 0 amide bonds. The van der Waals surface area contributed by atoms with Gasteiger partial charge in [-0.15, -0.1) is 0 Å². The average Bonchev–Trinajstić information content (AvgIpc) is 2.55. The Kier molecular flexibility index (Phi) is 6.31. The molecule has 0 fully saturated rings. The maximum absolute atomic E-state index is 14.4. The van der Waals surface area contributed by atoms with Crippen molar-refractivity contribution in [1.82, 2.24) is 0 Å². The van der Waals surface area contributed by atoms with E-state index in [4.69, 9.17) is 0 Å². The van der Waals surface area contributed by atoms with Gasteiger partial charge in [-0.2, -0.15) is 0 Å². The summed E-state index contributed by atoms with van der Waals surface area (Å²) >= 11 is 0. The first-order valence-electron chi connectivity index (χ1n) is 9.80.